The van der Waals surface area contributed by atoms with Gasteiger partial charge in [-0.2, -0.15) is 0 Å². The predicted octanol–water partition coefficient (Wildman–Crippen LogP) is 4.16. The fourth-order valence-electron chi connectivity index (χ4n) is 2.90. The summed E-state index contributed by atoms with van der Waals surface area (Å²) in [5.74, 6) is 1.73. The Morgan fingerprint density at radius 1 is 1.00 bits per heavy atom. The van der Waals surface area contributed by atoms with E-state index in [0.717, 1.165) is 53.3 Å². The van der Waals surface area contributed by atoms with Crippen LogP contribution in [0.1, 0.15) is 5.56 Å². The number of para-hydroxylation sites is 1. The molecule has 0 saturated carbocycles. The third-order valence-corrected chi connectivity index (χ3v) is 5.67. The molecule has 1 fully saturated rings. The van der Waals surface area contributed by atoms with Crippen LogP contribution in [0.15, 0.2) is 64.2 Å². The molecule has 4 rings (SSSR count). The van der Waals surface area contributed by atoms with Crippen molar-refractivity contribution in [2.75, 3.05) is 31.2 Å². The number of benzene rings is 2. The SMILES string of the molecule is Brc1cccc(CSc2nnc(N3CCOCC3)n2-c2ccccc2)c1. The minimum absolute atomic E-state index is 0.724. The Balaban J connectivity index is 1.64. The summed E-state index contributed by atoms with van der Waals surface area (Å²) in [6.45, 7) is 3.12. The number of halogens is 1. The van der Waals surface area contributed by atoms with Gasteiger partial charge in [-0.1, -0.05) is 58.0 Å². The molecule has 0 amide bonds. The topological polar surface area (TPSA) is 43.2 Å². The van der Waals surface area contributed by atoms with Crippen LogP contribution in [0, 0.1) is 0 Å². The Morgan fingerprint density at radius 2 is 1.81 bits per heavy atom. The third-order valence-electron chi connectivity index (χ3n) is 4.18. The van der Waals surface area contributed by atoms with Crippen molar-refractivity contribution in [1.29, 1.82) is 0 Å². The van der Waals surface area contributed by atoms with E-state index in [2.05, 4.69) is 65.9 Å². The quantitative estimate of drug-likeness (QED) is 0.568. The summed E-state index contributed by atoms with van der Waals surface area (Å²) in [5.41, 5.74) is 2.33. The lowest BCUT2D eigenvalue weighted by Crippen LogP contribution is -2.37. The van der Waals surface area contributed by atoms with Gasteiger partial charge in [-0.25, -0.2) is 0 Å². The van der Waals surface area contributed by atoms with Crippen LogP contribution >= 0.6 is 27.7 Å². The fourth-order valence-corrected chi connectivity index (χ4v) is 4.24. The van der Waals surface area contributed by atoms with Crippen LogP contribution in [0.3, 0.4) is 0 Å². The lowest BCUT2D eigenvalue weighted by Gasteiger charge is -2.27. The molecule has 134 valence electrons. The third kappa shape index (κ3) is 3.95. The van der Waals surface area contributed by atoms with Crippen LogP contribution in [0.2, 0.25) is 0 Å². The number of ether oxygens (including phenoxy) is 1. The number of hydrogen-bond donors (Lipinski definition) is 0. The number of nitrogens with zero attached hydrogens (tertiary/aromatic N) is 4. The maximum absolute atomic E-state index is 5.48. The normalized spacial score (nSPS) is 14.6. The highest BCUT2D eigenvalue weighted by molar-refractivity contribution is 9.10. The summed E-state index contributed by atoms with van der Waals surface area (Å²) in [7, 11) is 0. The van der Waals surface area contributed by atoms with Gasteiger partial charge < -0.3 is 9.64 Å². The maximum atomic E-state index is 5.48. The van der Waals surface area contributed by atoms with Gasteiger partial charge in [0.15, 0.2) is 5.16 Å². The molecule has 0 atom stereocenters. The molecule has 1 aliphatic rings. The van der Waals surface area contributed by atoms with E-state index in [4.69, 9.17) is 4.74 Å². The first-order valence-electron chi connectivity index (χ1n) is 8.52. The highest BCUT2D eigenvalue weighted by atomic mass is 79.9. The first kappa shape index (κ1) is 17.6. The molecule has 7 heteroatoms. The van der Waals surface area contributed by atoms with Crippen molar-refractivity contribution in [3.05, 3.63) is 64.6 Å². The van der Waals surface area contributed by atoms with Gasteiger partial charge in [-0.05, 0) is 29.8 Å². The Labute approximate surface area is 165 Å². The number of aromatic nitrogens is 3. The van der Waals surface area contributed by atoms with E-state index >= 15 is 0 Å². The summed E-state index contributed by atoms with van der Waals surface area (Å²) in [5, 5.41) is 9.89. The average molecular weight is 431 g/mol. The van der Waals surface area contributed by atoms with Gasteiger partial charge in [0.1, 0.15) is 0 Å². The van der Waals surface area contributed by atoms with Gasteiger partial charge in [-0.15, -0.1) is 10.2 Å². The molecule has 2 heterocycles. The van der Waals surface area contributed by atoms with Crippen LogP contribution < -0.4 is 4.90 Å². The Morgan fingerprint density at radius 3 is 2.58 bits per heavy atom. The number of anilines is 1. The number of thioether (sulfide) groups is 1. The van der Waals surface area contributed by atoms with Crippen LogP contribution in [0.4, 0.5) is 5.95 Å². The second-order valence-electron chi connectivity index (χ2n) is 5.97. The first-order valence-corrected chi connectivity index (χ1v) is 10.3. The maximum Gasteiger partial charge on any atom is 0.232 e. The van der Waals surface area contributed by atoms with E-state index in [1.807, 2.05) is 24.3 Å². The first-order chi connectivity index (χ1) is 12.8. The van der Waals surface area contributed by atoms with Gasteiger partial charge in [0.05, 0.1) is 18.9 Å². The van der Waals surface area contributed by atoms with Crippen molar-refractivity contribution in [1.82, 2.24) is 14.8 Å². The van der Waals surface area contributed by atoms with Crippen LogP contribution in [0.5, 0.6) is 0 Å². The van der Waals surface area contributed by atoms with E-state index in [-0.39, 0.29) is 0 Å². The smallest absolute Gasteiger partial charge is 0.232 e. The number of rotatable bonds is 5. The van der Waals surface area contributed by atoms with E-state index in [1.165, 1.54) is 5.56 Å². The molecule has 0 radical (unpaired) electrons. The predicted molar refractivity (Wildman–Crippen MR) is 108 cm³/mol. The van der Waals surface area contributed by atoms with Gasteiger partial charge in [-0.3, -0.25) is 4.57 Å². The lowest BCUT2D eigenvalue weighted by atomic mass is 10.2. The molecule has 2 aromatic carbocycles. The van der Waals surface area contributed by atoms with Crippen LogP contribution in [-0.2, 0) is 10.5 Å². The largest absolute Gasteiger partial charge is 0.378 e. The monoisotopic (exact) mass is 430 g/mol. The molecule has 1 saturated heterocycles. The van der Waals surface area contributed by atoms with Crippen LogP contribution in [0.25, 0.3) is 5.69 Å². The Kier molecular flexibility index (Phi) is 5.57. The fraction of sp³-hybridized carbons (Fsp3) is 0.263. The zero-order chi connectivity index (χ0) is 17.8. The molecular weight excluding hydrogens is 412 g/mol. The van der Waals surface area contributed by atoms with Crippen molar-refractivity contribution < 1.29 is 4.74 Å². The summed E-state index contributed by atoms with van der Waals surface area (Å²) < 4.78 is 8.72. The van der Waals surface area contributed by atoms with Crippen molar-refractivity contribution in [3.8, 4) is 5.69 Å². The summed E-state index contributed by atoms with van der Waals surface area (Å²) in [6, 6.07) is 18.7. The molecule has 0 bridgehead atoms. The standard InChI is InChI=1S/C19H19BrN4OS/c20-16-6-4-5-15(13-16)14-26-19-22-21-18(23-9-11-25-12-10-23)24(19)17-7-2-1-3-8-17/h1-8,13H,9-12,14H2. The van der Waals surface area contributed by atoms with Gasteiger partial charge in [0, 0.05) is 23.3 Å². The van der Waals surface area contributed by atoms with Crippen molar-refractivity contribution >= 4 is 33.6 Å². The lowest BCUT2D eigenvalue weighted by molar-refractivity contribution is 0.122. The highest BCUT2D eigenvalue weighted by Gasteiger charge is 2.21. The molecular formula is C19H19BrN4OS. The molecule has 1 aliphatic heterocycles. The summed E-state index contributed by atoms with van der Waals surface area (Å²) >= 11 is 5.23. The molecule has 0 aliphatic carbocycles. The zero-order valence-corrected chi connectivity index (χ0v) is 16.6. The molecule has 3 aromatic rings. The van der Waals surface area contributed by atoms with Gasteiger partial charge in [0.25, 0.3) is 0 Å². The second kappa shape index (κ2) is 8.24. The number of morpholine rings is 1. The molecule has 5 nitrogen and oxygen atoms in total. The average Bonchev–Trinajstić information content (AvgIpc) is 3.12. The minimum Gasteiger partial charge on any atom is -0.378 e. The second-order valence-corrected chi connectivity index (χ2v) is 7.83. The van der Waals surface area contributed by atoms with Crippen molar-refractivity contribution in [2.45, 2.75) is 10.9 Å². The molecule has 0 spiro atoms. The number of hydrogen-bond acceptors (Lipinski definition) is 5. The minimum atomic E-state index is 0.724. The molecule has 1 aromatic heterocycles. The molecule has 0 unspecified atom stereocenters. The molecule has 26 heavy (non-hydrogen) atoms. The van der Waals surface area contributed by atoms with Gasteiger partial charge >= 0.3 is 0 Å². The van der Waals surface area contributed by atoms with Gasteiger partial charge in [0.2, 0.25) is 5.95 Å². The Hall–Kier alpha value is -1.83. The summed E-state index contributed by atoms with van der Waals surface area (Å²) in [4.78, 5) is 2.24. The van der Waals surface area contributed by atoms with E-state index < -0.39 is 0 Å². The van der Waals surface area contributed by atoms with E-state index in [1.54, 1.807) is 11.8 Å². The highest BCUT2D eigenvalue weighted by Crippen LogP contribution is 2.29. The van der Waals surface area contributed by atoms with E-state index in [9.17, 15) is 0 Å². The Bertz CT molecular complexity index is 865. The molecule has 0 N–H and O–H groups in total. The van der Waals surface area contributed by atoms with Crippen molar-refractivity contribution in [2.24, 2.45) is 0 Å². The van der Waals surface area contributed by atoms with Crippen molar-refractivity contribution in [3.63, 3.8) is 0 Å². The summed E-state index contributed by atoms with van der Waals surface area (Å²) in [6.07, 6.45) is 0. The van der Waals surface area contributed by atoms with E-state index in [0.29, 0.717) is 0 Å². The van der Waals surface area contributed by atoms with Crippen LogP contribution in [-0.4, -0.2) is 41.1 Å². The zero-order valence-electron chi connectivity index (χ0n) is 14.2.